The maximum Gasteiger partial charge on any atom is 0.310 e. The molecule has 4 heteroatoms. The first-order chi connectivity index (χ1) is 7.19. The second-order valence-electron chi connectivity index (χ2n) is 3.06. The summed E-state index contributed by atoms with van der Waals surface area (Å²) in [5.74, 6) is -0.844. The molecule has 1 aromatic carbocycles. The Labute approximate surface area is 88.0 Å². The molecule has 0 saturated heterocycles. The maximum atomic E-state index is 13.4. The molecule has 0 aliphatic carbocycles. The van der Waals surface area contributed by atoms with Crippen molar-refractivity contribution in [1.29, 1.82) is 0 Å². The van der Waals surface area contributed by atoms with Gasteiger partial charge in [0, 0.05) is 12.1 Å². The van der Waals surface area contributed by atoms with E-state index in [2.05, 4.69) is 0 Å². The quantitative estimate of drug-likeness (QED) is 0.766. The molecular weight excluding hydrogens is 197 g/mol. The third kappa shape index (κ3) is 3.02. The number of esters is 1. The molecule has 1 rings (SSSR count). The summed E-state index contributed by atoms with van der Waals surface area (Å²) in [5.41, 5.74) is 6.42. The highest BCUT2D eigenvalue weighted by Gasteiger charge is 2.12. The minimum atomic E-state index is -0.433. The van der Waals surface area contributed by atoms with Crippen molar-refractivity contribution < 1.29 is 13.9 Å². The maximum absolute atomic E-state index is 13.4. The molecule has 0 amide bonds. The van der Waals surface area contributed by atoms with Crippen molar-refractivity contribution >= 4 is 5.97 Å². The van der Waals surface area contributed by atoms with Crippen LogP contribution in [0.3, 0.4) is 0 Å². The van der Waals surface area contributed by atoms with Gasteiger partial charge in [-0.1, -0.05) is 12.1 Å². The predicted octanol–water partition coefficient (Wildman–Crippen LogP) is 1.39. The van der Waals surface area contributed by atoms with E-state index < -0.39 is 11.8 Å². The first kappa shape index (κ1) is 11.7. The van der Waals surface area contributed by atoms with E-state index in [9.17, 15) is 9.18 Å². The lowest BCUT2D eigenvalue weighted by atomic mass is 10.0. The summed E-state index contributed by atoms with van der Waals surface area (Å²) in [4.78, 5) is 11.2. The van der Waals surface area contributed by atoms with Crippen LogP contribution in [0.5, 0.6) is 0 Å². The average molecular weight is 211 g/mol. The molecule has 0 aliphatic rings. The summed E-state index contributed by atoms with van der Waals surface area (Å²) < 4.78 is 18.1. The van der Waals surface area contributed by atoms with Gasteiger partial charge in [0.05, 0.1) is 13.0 Å². The molecule has 82 valence electrons. The summed E-state index contributed by atoms with van der Waals surface area (Å²) in [6.45, 7) is 2.22. The van der Waals surface area contributed by atoms with Gasteiger partial charge < -0.3 is 10.5 Å². The Balaban J connectivity index is 2.87. The summed E-state index contributed by atoms with van der Waals surface area (Å²) in [5, 5.41) is 0. The van der Waals surface area contributed by atoms with Crippen LogP contribution in [0.2, 0.25) is 0 Å². The molecule has 15 heavy (non-hydrogen) atoms. The average Bonchev–Trinajstić information content (AvgIpc) is 2.21. The van der Waals surface area contributed by atoms with Gasteiger partial charge in [0.15, 0.2) is 0 Å². The molecule has 0 fully saturated rings. The van der Waals surface area contributed by atoms with E-state index in [4.69, 9.17) is 10.5 Å². The third-order valence-corrected chi connectivity index (χ3v) is 2.06. The first-order valence-electron chi connectivity index (χ1n) is 4.81. The van der Waals surface area contributed by atoms with Gasteiger partial charge in [-0.3, -0.25) is 4.79 Å². The summed E-state index contributed by atoms with van der Waals surface area (Å²) in [6.07, 6.45) is -0.0625. The Bertz CT molecular complexity index is 352. The fourth-order valence-electron chi connectivity index (χ4n) is 1.35. The molecule has 0 saturated carbocycles. The Kier molecular flexibility index (Phi) is 4.24. The van der Waals surface area contributed by atoms with Crippen LogP contribution < -0.4 is 5.73 Å². The SMILES string of the molecule is CCOC(=O)Cc1c(F)cccc1CN. The van der Waals surface area contributed by atoms with Crippen LogP contribution in [-0.2, 0) is 22.5 Å². The summed E-state index contributed by atoms with van der Waals surface area (Å²) in [7, 11) is 0. The summed E-state index contributed by atoms with van der Waals surface area (Å²) >= 11 is 0. The highest BCUT2D eigenvalue weighted by Crippen LogP contribution is 2.14. The number of carbonyl (C=O) groups excluding carboxylic acids is 1. The van der Waals surface area contributed by atoms with Crippen molar-refractivity contribution in [1.82, 2.24) is 0 Å². The van der Waals surface area contributed by atoms with Gasteiger partial charge >= 0.3 is 5.97 Å². The smallest absolute Gasteiger partial charge is 0.310 e. The van der Waals surface area contributed by atoms with Crippen LogP contribution >= 0.6 is 0 Å². The van der Waals surface area contributed by atoms with E-state index in [-0.39, 0.29) is 13.0 Å². The molecular formula is C11H14FNO2. The van der Waals surface area contributed by atoms with Crippen molar-refractivity contribution in [2.24, 2.45) is 5.73 Å². The van der Waals surface area contributed by atoms with Crippen LogP contribution in [0.1, 0.15) is 18.1 Å². The lowest BCUT2D eigenvalue weighted by molar-refractivity contribution is -0.142. The lowest BCUT2D eigenvalue weighted by Gasteiger charge is -2.08. The van der Waals surface area contributed by atoms with Gasteiger partial charge in [-0.25, -0.2) is 4.39 Å². The minimum Gasteiger partial charge on any atom is -0.466 e. The van der Waals surface area contributed by atoms with Crippen molar-refractivity contribution in [2.75, 3.05) is 6.61 Å². The van der Waals surface area contributed by atoms with Crippen LogP contribution in [0, 0.1) is 5.82 Å². The van der Waals surface area contributed by atoms with Gasteiger partial charge in [0.1, 0.15) is 5.82 Å². The monoisotopic (exact) mass is 211 g/mol. The van der Waals surface area contributed by atoms with E-state index in [1.807, 2.05) is 0 Å². The highest BCUT2D eigenvalue weighted by molar-refractivity contribution is 5.73. The molecule has 0 radical (unpaired) electrons. The fourth-order valence-corrected chi connectivity index (χ4v) is 1.35. The van der Waals surface area contributed by atoms with E-state index in [0.717, 1.165) is 0 Å². The molecule has 0 unspecified atom stereocenters. The van der Waals surface area contributed by atoms with Gasteiger partial charge in [0.25, 0.3) is 0 Å². The number of hydrogen-bond acceptors (Lipinski definition) is 3. The van der Waals surface area contributed by atoms with Crippen LogP contribution in [0.25, 0.3) is 0 Å². The molecule has 0 aliphatic heterocycles. The van der Waals surface area contributed by atoms with Gasteiger partial charge in [-0.15, -0.1) is 0 Å². The molecule has 0 bridgehead atoms. The number of benzene rings is 1. The normalized spacial score (nSPS) is 10.1. The van der Waals surface area contributed by atoms with Crippen molar-refractivity contribution in [2.45, 2.75) is 19.9 Å². The zero-order valence-electron chi connectivity index (χ0n) is 8.63. The van der Waals surface area contributed by atoms with Crippen LogP contribution in [0.4, 0.5) is 4.39 Å². The number of nitrogens with two attached hydrogens (primary N) is 1. The second-order valence-corrected chi connectivity index (χ2v) is 3.06. The van der Waals surface area contributed by atoms with Gasteiger partial charge in [0.2, 0.25) is 0 Å². The van der Waals surface area contributed by atoms with E-state index in [0.29, 0.717) is 17.7 Å². The number of ether oxygens (including phenoxy) is 1. The topological polar surface area (TPSA) is 52.3 Å². The fraction of sp³-hybridized carbons (Fsp3) is 0.364. The van der Waals surface area contributed by atoms with Crippen LogP contribution in [-0.4, -0.2) is 12.6 Å². The van der Waals surface area contributed by atoms with E-state index in [1.54, 1.807) is 19.1 Å². The minimum absolute atomic E-state index is 0.0625. The number of hydrogen-bond donors (Lipinski definition) is 1. The zero-order chi connectivity index (χ0) is 11.3. The van der Waals surface area contributed by atoms with Gasteiger partial charge in [-0.2, -0.15) is 0 Å². The molecule has 0 spiro atoms. The highest BCUT2D eigenvalue weighted by atomic mass is 19.1. The molecule has 0 heterocycles. The molecule has 1 aromatic rings. The van der Waals surface area contributed by atoms with Crippen molar-refractivity contribution in [3.8, 4) is 0 Å². The number of halogens is 1. The lowest BCUT2D eigenvalue weighted by Crippen LogP contribution is -2.12. The zero-order valence-corrected chi connectivity index (χ0v) is 8.63. The Hall–Kier alpha value is -1.42. The Morgan fingerprint density at radius 3 is 2.87 bits per heavy atom. The first-order valence-corrected chi connectivity index (χ1v) is 4.81. The molecule has 2 N–H and O–H groups in total. The molecule has 3 nitrogen and oxygen atoms in total. The number of rotatable bonds is 4. The molecule has 0 aromatic heterocycles. The van der Waals surface area contributed by atoms with Gasteiger partial charge in [-0.05, 0) is 18.6 Å². The van der Waals surface area contributed by atoms with E-state index in [1.165, 1.54) is 6.07 Å². The Morgan fingerprint density at radius 2 is 2.27 bits per heavy atom. The van der Waals surface area contributed by atoms with Crippen molar-refractivity contribution in [3.63, 3.8) is 0 Å². The largest absolute Gasteiger partial charge is 0.466 e. The summed E-state index contributed by atoms with van der Waals surface area (Å²) in [6, 6.07) is 4.59. The van der Waals surface area contributed by atoms with Crippen LogP contribution in [0.15, 0.2) is 18.2 Å². The van der Waals surface area contributed by atoms with E-state index >= 15 is 0 Å². The standard InChI is InChI=1S/C11H14FNO2/c1-2-15-11(14)6-9-8(7-13)4-3-5-10(9)12/h3-5H,2,6-7,13H2,1H3. The van der Waals surface area contributed by atoms with Crippen molar-refractivity contribution in [3.05, 3.63) is 35.1 Å². The molecule has 0 atom stereocenters. The Morgan fingerprint density at radius 1 is 1.53 bits per heavy atom. The predicted molar refractivity (Wildman–Crippen MR) is 54.6 cm³/mol. The second kappa shape index (κ2) is 5.46. The number of carbonyl (C=O) groups is 1. The third-order valence-electron chi connectivity index (χ3n) is 2.06.